The molecule has 4 aromatic carbocycles. The summed E-state index contributed by atoms with van der Waals surface area (Å²) in [5.41, 5.74) is 1.07. The highest BCUT2D eigenvalue weighted by Crippen LogP contribution is 2.37. The van der Waals surface area contributed by atoms with Gasteiger partial charge >= 0.3 is 0 Å². The average Bonchev–Trinajstić information content (AvgIpc) is 3.18. The Morgan fingerprint density at radius 3 is 2.00 bits per heavy atom. The number of nitrogens with zero attached hydrogens (tertiary/aromatic N) is 1. The standard InChI is InChI=1S/C32H33NO4/c1-36-25-18-17-24-21-23-13-7-8-14-26(23)30(29(24)22-25)37-20-12-6-4-2-3-5-11-19-33-31(34)27-15-9-10-16-28(27)32(33)35/h7-10,13-18,21-22H,2-6,11-12,19-20H2,1H3. The third-order valence-corrected chi connectivity index (χ3v) is 7.17. The summed E-state index contributed by atoms with van der Waals surface area (Å²) in [5.74, 6) is 1.45. The lowest BCUT2D eigenvalue weighted by atomic mass is 10.0. The predicted molar refractivity (Wildman–Crippen MR) is 148 cm³/mol. The van der Waals surface area contributed by atoms with Crippen molar-refractivity contribution in [2.24, 2.45) is 0 Å². The SMILES string of the molecule is COc1ccc2cc3ccccc3c(OCCCCCCCCCN3C(=O)c4ccccc4C3=O)c2c1. The van der Waals surface area contributed by atoms with Gasteiger partial charge in [0.25, 0.3) is 11.8 Å². The number of amides is 2. The van der Waals surface area contributed by atoms with Gasteiger partial charge in [-0.05, 0) is 53.9 Å². The van der Waals surface area contributed by atoms with Crippen molar-refractivity contribution in [2.75, 3.05) is 20.3 Å². The lowest BCUT2D eigenvalue weighted by molar-refractivity contribution is 0.0651. The first-order valence-corrected chi connectivity index (χ1v) is 13.2. The lowest BCUT2D eigenvalue weighted by Gasteiger charge is -2.14. The van der Waals surface area contributed by atoms with Gasteiger partial charge in [0.1, 0.15) is 11.5 Å². The molecule has 2 amide bonds. The normalized spacial score (nSPS) is 12.9. The molecular weight excluding hydrogens is 462 g/mol. The largest absolute Gasteiger partial charge is 0.497 e. The molecule has 0 aromatic heterocycles. The first-order chi connectivity index (χ1) is 18.2. The monoisotopic (exact) mass is 495 g/mol. The minimum absolute atomic E-state index is 0.155. The van der Waals surface area contributed by atoms with Crippen LogP contribution >= 0.6 is 0 Å². The molecule has 0 bridgehead atoms. The Hall–Kier alpha value is -3.86. The number of methoxy groups -OCH3 is 1. The predicted octanol–water partition coefficient (Wildman–Crippen LogP) is 7.41. The molecule has 5 nitrogen and oxygen atoms in total. The van der Waals surface area contributed by atoms with Crippen LogP contribution in [0.3, 0.4) is 0 Å². The van der Waals surface area contributed by atoms with E-state index >= 15 is 0 Å². The first-order valence-electron chi connectivity index (χ1n) is 13.2. The fourth-order valence-electron chi connectivity index (χ4n) is 5.15. The van der Waals surface area contributed by atoms with Crippen molar-refractivity contribution >= 4 is 33.4 Å². The Morgan fingerprint density at radius 2 is 1.27 bits per heavy atom. The van der Waals surface area contributed by atoms with E-state index < -0.39 is 0 Å². The summed E-state index contributed by atoms with van der Waals surface area (Å²) < 4.78 is 11.8. The molecule has 190 valence electrons. The Kier molecular flexibility index (Phi) is 7.69. The number of fused-ring (bicyclic) bond motifs is 3. The molecule has 4 aromatic rings. The second-order valence-corrected chi connectivity index (χ2v) is 9.64. The molecule has 1 heterocycles. The highest BCUT2D eigenvalue weighted by atomic mass is 16.5. The zero-order valence-electron chi connectivity index (χ0n) is 21.4. The fourth-order valence-corrected chi connectivity index (χ4v) is 5.15. The number of unbranched alkanes of at least 4 members (excludes halogenated alkanes) is 6. The zero-order chi connectivity index (χ0) is 25.6. The van der Waals surface area contributed by atoms with Gasteiger partial charge in [0.15, 0.2) is 0 Å². The Morgan fingerprint density at radius 1 is 0.649 bits per heavy atom. The Bertz CT molecular complexity index is 1390. The highest BCUT2D eigenvalue weighted by molar-refractivity contribution is 6.21. The maximum atomic E-state index is 12.4. The summed E-state index contributed by atoms with van der Waals surface area (Å²) in [7, 11) is 1.69. The smallest absolute Gasteiger partial charge is 0.261 e. The quantitative estimate of drug-likeness (QED) is 0.117. The van der Waals surface area contributed by atoms with Gasteiger partial charge in [0.05, 0.1) is 24.8 Å². The molecule has 0 fully saturated rings. The Labute approximate surface area is 218 Å². The van der Waals surface area contributed by atoms with E-state index in [1.54, 1.807) is 31.4 Å². The molecule has 5 rings (SSSR count). The summed E-state index contributed by atoms with van der Waals surface area (Å²) in [6.07, 6.45) is 7.41. The van der Waals surface area contributed by atoms with Gasteiger partial charge in [-0.25, -0.2) is 0 Å². The molecule has 5 heteroatoms. The molecule has 1 aliphatic rings. The van der Waals surface area contributed by atoms with Crippen LogP contribution in [0.1, 0.15) is 65.7 Å². The van der Waals surface area contributed by atoms with Crippen LogP contribution in [0, 0.1) is 0 Å². The van der Waals surface area contributed by atoms with Gasteiger partial charge in [-0.1, -0.05) is 74.6 Å². The van der Waals surface area contributed by atoms with Crippen LogP contribution in [0.25, 0.3) is 21.5 Å². The number of hydrogen-bond acceptors (Lipinski definition) is 4. The average molecular weight is 496 g/mol. The van der Waals surface area contributed by atoms with E-state index in [4.69, 9.17) is 9.47 Å². The molecule has 37 heavy (non-hydrogen) atoms. The summed E-state index contributed by atoms with van der Waals surface area (Å²) in [4.78, 5) is 26.3. The second kappa shape index (κ2) is 11.5. The van der Waals surface area contributed by atoms with E-state index in [1.807, 2.05) is 6.07 Å². The fraction of sp³-hybridized carbons (Fsp3) is 0.312. The number of ether oxygens (including phenoxy) is 2. The lowest BCUT2D eigenvalue weighted by Crippen LogP contribution is -2.30. The van der Waals surface area contributed by atoms with Gasteiger partial charge in [0.2, 0.25) is 0 Å². The summed E-state index contributed by atoms with van der Waals surface area (Å²) in [5, 5.41) is 4.53. The molecule has 0 spiro atoms. The van der Waals surface area contributed by atoms with E-state index in [9.17, 15) is 9.59 Å². The van der Waals surface area contributed by atoms with Crippen LogP contribution in [0.15, 0.2) is 72.8 Å². The van der Waals surface area contributed by atoms with Crippen LogP contribution < -0.4 is 9.47 Å². The number of rotatable bonds is 12. The highest BCUT2D eigenvalue weighted by Gasteiger charge is 2.34. The van der Waals surface area contributed by atoms with Gasteiger partial charge < -0.3 is 9.47 Å². The van der Waals surface area contributed by atoms with Crippen molar-refractivity contribution in [2.45, 2.75) is 44.9 Å². The van der Waals surface area contributed by atoms with Gasteiger partial charge in [-0.15, -0.1) is 0 Å². The number of hydrogen-bond donors (Lipinski definition) is 0. The number of carbonyl (C=O) groups excluding carboxylic acids is 2. The van der Waals surface area contributed by atoms with Gasteiger partial charge in [-0.2, -0.15) is 0 Å². The minimum atomic E-state index is -0.155. The molecule has 0 unspecified atom stereocenters. The van der Waals surface area contributed by atoms with Crippen molar-refractivity contribution < 1.29 is 19.1 Å². The van der Waals surface area contributed by atoms with Gasteiger partial charge in [0, 0.05) is 17.3 Å². The van der Waals surface area contributed by atoms with E-state index in [0.29, 0.717) is 24.3 Å². The molecule has 0 N–H and O–H groups in total. The van der Waals surface area contributed by atoms with Crippen molar-refractivity contribution in [3.63, 3.8) is 0 Å². The number of benzene rings is 4. The van der Waals surface area contributed by atoms with E-state index in [0.717, 1.165) is 72.6 Å². The van der Waals surface area contributed by atoms with Crippen molar-refractivity contribution in [1.82, 2.24) is 4.90 Å². The van der Waals surface area contributed by atoms with Gasteiger partial charge in [-0.3, -0.25) is 14.5 Å². The molecule has 0 radical (unpaired) electrons. The van der Waals surface area contributed by atoms with E-state index in [2.05, 4.69) is 42.5 Å². The van der Waals surface area contributed by atoms with Crippen LogP contribution in [0.4, 0.5) is 0 Å². The van der Waals surface area contributed by atoms with Crippen LogP contribution in [0.2, 0.25) is 0 Å². The maximum absolute atomic E-state index is 12.4. The van der Waals surface area contributed by atoms with Crippen molar-refractivity contribution in [3.8, 4) is 11.5 Å². The zero-order valence-corrected chi connectivity index (χ0v) is 21.4. The summed E-state index contributed by atoms with van der Waals surface area (Å²) >= 11 is 0. The van der Waals surface area contributed by atoms with Crippen LogP contribution in [0.5, 0.6) is 11.5 Å². The maximum Gasteiger partial charge on any atom is 0.261 e. The van der Waals surface area contributed by atoms with E-state index in [1.165, 1.54) is 10.3 Å². The molecule has 0 saturated heterocycles. The topological polar surface area (TPSA) is 55.8 Å². The summed E-state index contributed by atoms with van der Waals surface area (Å²) in [6, 6.07) is 23.8. The molecular formula is C32H33NO4. The van der Waals surface area contributed by atoms with Crippen molar-refractivity contribution in [3.05, 3.63) is 83.9 Å². The number of carbonyl (C=O) groups is 2. The van der Waals surface area contributed by atoms with Crippen LogP contribution in [-0.4, -0.2) is 37.0 Å². The van der Waals surface area contributed by atoms with E-state index in [-0.39, 0.29) is 11.8 Å². The third-order valence-electron chi connectivity index (χ3n) is 7.17. The first kappa shape index (κ1) is 24.8. The number of imide groups is 1. The van der Waals surface area contributed by atoms with Crippen molar-refractivity contribution in [1.29, 1.82) is 0 Å². The molecule has 1 aliphatic heterocycles. The minimum Gasteiger partial charge on any atom is -0.497 e. The Balaban J connectivity index is 1.04. The molecule has 0 aliphatic carbocycles. The summed E-state index contributed by atoms with van der Waals surface area (Å²) in [6.45, 7) is 1.18. The van der Waals surface area contributed by atoms with Crippen LogP contribution in [-0.2, 0) is 0 Å². The molecule has 0 atom stereocenters. The second-order valence-electron chi connectivity index (χ2n) is 9.64. The third kappa shape index (κ3) is 5.31. The molecule has 0 saturated carbocycles.